The number of hydrogen-bond donors (Lipinski definition) is 0. The second-order valence-corrected chi connectivity index (χ2v) is 8.51. The molecule has 2 saturated heterocycles. The Morgan fingerprint density at radius 1 is 0.853 bits per heavy atom. The molecule has 8 heteroatoms. The number of likely N-dealkylation sites (tertiary alicyclic amines) is 2. The number of methoxy groups -OCH3 is 1. The molecule has 180 valence electrons. The number of Topliss-reactive ketones (excluding diaryl/α,β-unsaturated/α-hetero) is 1. The van der Waals surface area contributed by atoms with Crippen LogP contribution in [0.3, 0.4) is 0 Å². The van der Waals surface area contributed by atoms with Crippen molar-refractivity contribution in [3.05, 3.63) is 60.2 Å². The lowest BCUT2D eigenvalue weighted by Gasteiger charge is -2.30. The Morgan fingerprint density at radius 3 is 2.21 bits per heavy atom. The van der Waals surface area contributed by atoms with Crippen LogP contribution in [0.1, 0.15) is 31.2 Å². The second kappa shape index (κ2) is 11.0. The number of carbonyl (C=O) groups excluding carboxylic acids is 3. The third-order valence-corrected chi connectivity index (χ3v) is 6.33. The summed E-state index contributed by atoms with van der Waals surface area (Å²) >= 11 is 0. The molecule has 0 spiro atoms. The molecule has 2 fully saturated rings. The summed E-state index contributed by atoms with van der Waals surface area (Å²) in [6.07, 6.45) is 2.14. The van der Waals surface area contributed by atoms with Crippen molar-refractivity contribution in [2.24, 2.45) is 0 Å². The standard InChI is InChI=1S/C26H30N2O6/c1-32-20-11-13-21(14-12-20)33-18-24(29)22-9-5-15-27(22)25(30)23-10-6-16-28(23)26(31)34-17-19-7-3-2-4-8-19/h2-4,7-8,11-14,22-23H,5-6,9-10,15-18H2,1H3/t22-,23+/m0/s1. The van der Waals surface area contributed by atoms with Gasteiger partial charge in [0.2, 0.25) is 5.91 Å². The van der Waals surface area contributed by atoms with Crippen molar-refractivity contribution in [1.29, 1.82) is 0 Å². The van der Waals surface area contributed by atoms with Gasteiger partial charge in [0.05, 0.1) is 13.2 Å². The fraction of sp³-hybridized carbons (Fsp3) is 0.423. The summed E-state index contributed by atoms with van der Waals surface area (Å²) in [4.78, 5) is 42.1. The van der Waals surface area contributed by atoms with Gasteiger partial charge in [0, 0.05) is 13.1 Å². The second-order valence-electron chi connectivity index (χ2n) is 8.51. The Bertz CT molecular complexity index is 994. The summed E-state index contributed by atoms with van der Waals surface area (Å²) in [6.45, 7) is 1.01. The largest absolute Gasteiger partial charge is 0.497 e. The Labute approximate surface area is 199 Å². The van der Waals surface area contributed by atoms with Crippen LogP contribution in [0.2, 0.25) is 0 Å². The van der Waals surface area contributed by atoms with Crippen molar-refractivity contribution in [1.82, 2.24) is 9.80 Å². The molecule has 2 aromatic rings. The number of amides is 2. The van der Waals surface area contributed by atoms with Gasteiger partial charge in [-0.15, -0.1) is 0 Å². The first-order valence-corrected chi connectivity index (χ1v) is 11.6. The van der Waals surface area contributed by atoms with Crippen LogP contribution in [0, 0.1) is 0 Å². The Hall–Kier alpha value is -3.55. The third kappa shape index (κ3) is 5.50. The van der Waals surface area contributed by atoms with Gasteiger partial charge in [-0.2, -0.15) is 0 Å². The van der Waals surface area contributed by atoms with Crippen LogP contribution in [-0.2, 0) is 20.9 Å². The van der Waals surface area contributed by atoms with Gasteiger partial charge in [-0.05, 0) is 55.5 Å². The highest BCUT2D eigenvalue weighted by Crippen LogP contribution is 2.26. The summed E-state index contributed by atoms with van der Waals surface area (Å²) in [5.74, 6) is 0.940. The quantitative estimate of drug-likeness (QED) is 0.593. The molecule has 4 rings (SSSR count). The average molecular weight is 467 g/mol. The molecule has 0 saturated carbocycles. The molecular weight excluding hydrogens is 436 g/mol. The molecule has 8 nitrogen and oxygen atoms in total. The maximum Gasteiger partial charge on any atom is 0.410 e. The molecule has 0 aliphatic carbocycles. The number of nitrogens with zero attached hydrogens (tertiary/aromatic N) is 2. The van der Waals surface area contributed by atoms with E-state index in [-0.39, 0.29) is 24.9 Å². The lowest BCUT2D eigenvalue weighted by Crippen LogP contribution is -2.51. The lowest BCUT2D eigenvalue weighted by atomic mass is 10.1. The highest BCUT2D eigenvalue weighted by Gasteiger charge is 2.42. The van der Waals surface area contributed by atoms with Crippen LogP contribution < -0.4 is 9.47 Å². The normalized spacial score (nSPS) is 19.7. The van der Waals surface area contributed by atoms with Gasteiger partial charge in [0.25, 0.3) is 0 Å². The van der Waals surface area contributed by atoms with E-state index < -0.39 is 18.2 Å². The predicted octanol–water partition coefficient (Wildman–Crippen LogP) is 3.44. The van der Waals surface area contributed by atoms with E-state index in [0.29, 0.717) is 37.4 Å². The molecule has 2 aromatic carbocycles. The molecule has 2 aliphatic rings. The average Bonchev–Trinajstić information content (AvgIpc) is 3.57. The van der Waals surface area contributed by atoms with Gasteiger partial charge in [0.1, 0.15) is 30.8 Å². The zero-order valence-electron chi connectivity index (χ0n) is 19.4. The maximum absolute atomic E-state index is 13.4. The minimum Gasteiger partial charge on any atom is -0.497 e. The van der Waals surface area contributed by atoms with Gasteiger partial charge in [-0.25, -0.2) is 4.79 Å². The molecular formula is C26H30N2O6. The summed E-state index contributed by atoms with van der Waals surface area (Å²) < 4.78 is 16.2. The first-order chi connectivity index (χ1) is 16.6. The first kappa shape index (κ1) is 23.6. The smallest absolute Gasteiger partial charge is 0.410 e. The van der Waals surface area contributed by atoms with Crippen molar-refractivity contribution >= 4 is 17.8 Å². The number of ketones is 1. The highest BCUT2D eigenvalue weighted by molar-refractivity contribution is 5.93. The van der Waals surface area contributed by atoms with Crippen molar-refractivity contribution in [2.45, 2.75) is 44.4 Å². The highest BCUT2D eigenvalue weighted by atomic mass is 16.6. The van der Waals surface area contributed by atoms with E-state index in [1.165, 1.54) is 4.90 Å². The number of benzene rings is 2. The monoisotopic (exact) mass is 466 g/mol. The van der Waals surface area contributed by atoms with Crippen LogP contribution >= 0.6 is 0 Å². The van der Waals surface area contributed by atoms with Crippen molar-refractivity contribution in [3.63, 3.8) is 0 Å². The van der Waals surface area contributed by atoms with E-state index in [1.807, 2.05) is 30.3 Å². The summed E-state index contributed by atoms with van der Waals surface area (Å²) in [7, 11) is 1.58. The fourth-order valence-corrected chi connectivity index (χ4v) is 4.52. The van der Waals surface area contributed by atoms with Crippen molar-refractivity contribution in [2.75, 3.05) is 26.8 Å². The molecule has 0 N–H and O–H groups in total. The molecule has 0 bridgehead atoms. The van der Waals surface area contributed by atoms with Gasteiger partial charge in [0.15, 0.2) is 5.78 Å². The van der Waals surface area contributed by atoms with Crippen LogP contribution in [-0.4, -0.2) is 66.5 Å². The molecule has 34 heavy (non-hydrogen) atoms. The minimum absolute atomic E-state index is 0.117. The van der Waals surface area contributed by atoms with Crippen molar-refractivity contribution in [3.8, 4) is 11.5 Å². The van der Waals surface area contributed by atoms with Gasteiger partial charge in [-0.3, -0.25) is 14.5 Å². The predicted molar refractivity (Wildman–Crippen MR) is 125 cm³/mol. The third-order valence-electron chi connectivity index (χ3n) is 6.33. The Kier molecular flexibility index (Phi) is 7.67. The zero-order chi connectivity index (χ0) is 23.9. The summed E-state index contributed by atoms with van der Waals surface area (Å²) in [6, 6.07) is 15.3. The molecule has 0 aromatic heterocycles. The Balaban J connectivity index is 1.33. The molecule has 0 unspecified atom stereocenters. The van der Waals surface area contributed by atoms with E-state index in [0.717, 1.165) is 18.4 Å². The number of ether oxygens (including phenoxy) is 3. The van der Waals surface area contributed by atoms with E-state index in [1.54, 1.807) is 36.3 Å². The van der Waals surface area contributed by atoms with Crippen molar-refractivity contribution < 1.29 is 28.6 Å². The first-order valence-electron chi connectivity index (χ1n) is 11.6. The molecule has 2 aliphatic heterocycles. The van der Waals surface area contributed by atoms with Gasteiger partial charge < -0.3 is 19.1 Å². The van der Waals surface area contributed by atoms with E-state index >= 15 is 0 Å². The van der Waals surface area contributed by atoms with E-state index in [2.05, 4.69) is 0 Å². The van der Waals surface area contributed by atoms with Crippen LogP contribution in [0.4, 0.5) is 4.79 Å². The zero-order valence-corrected chi connectivity index (χ0v) is 19.4. The fourth-order valence-electron chi connectivity index (χ4n) is 4.52. The molecule has 2 heterocycles. The lowest BCUT2D eigenvalue weighted by molar-refractivity contribution is -0.141. The van der Waals surface area contributed by atoms with Gasteiger partial charge in [-0.1, -0.05) is 30.3 Å². The minimum atomic E-state index is -0.598. The van der Waals surface area contributed by atoms with Gasteiger partial charge >= 0.3 is 6.09 Å². The topological polar surface area (TPSA) is 85.4 Å². The molecule has 2 atom stereocenters. The van der Waals surface area contributed by atoms with Crippen LogP contribution in [0.15, 0.2) is 54.6 Å². The maximum atomic E-state index is 13.4. The summed E-state index contributed by atoms with van der Waals surface area (Å²) in [5, 5.41) is 0. The Morgan fingerprint density at radius 2 is 1.50 bits per heavy atom. The SMILES string of the molecule is COc1ccc(OCC(=O)[C@@H]2CCCN2C(=O)[C@H]2CCCN2C(=O)OCc2ccccc2)cc1. The summed E-state index contributed by atoms with van der Waals surface area (Å²) in [5.41, 5.74) is 0.889. The number of hydrogen-bond acceptors (Lipinski definition) is 6. The van der Waals surface area contributed by atoms with Crippen LogP contribution in [0.25, 0.3) is 0 Å². The van der Waals surface area contributed by atoms with Crippen LogP contribution in [0.5, 0.6) is 11.5 Å². The number of carbonyl (C=O) groups is 3. The van der Waals surface area contributed by atoms with E-state index in [4.69, 9.17) is 14.2 Å². The van der Waals surface area contributed by atoms with E-state index in [9.17, 15) is 14.4 Å². The molecule has 2 amide bonds. The number of rotatable bonds is 8. The molecule has 0 radical (unpaired) electrons.